The van der Waals surface area contributed by atoms with Crippen LogP contribution in [-0.4, -0.2) is 44.6 Å². The van der Waals surface area contributed by atoms with Crippen LogP contribution < -0.4 is 5.32 Å². The van der Waals surface area contributed by atoms with Crippen LogP contribution in [0.25, 0.3) is 0 Å². The van der Waals surface area contributed by atoms with E-state index in [1.165, 1.54) is 17.3 Å². The quantitative estimate of drug-likeness (QED) is 0.782. The average molecular weight is 236 g/mol. The predicted molar refractivity (Wildman–Crippen MR) is 58.4 cm³/mol. The first-order valence-corrected chi connectivity index (χ1v) is 5.26. The number of carbonyl (C=O) groups excluding carboxylic acids is 1. The number of amides is 2. The second kappa shape index (κ2) is 4.77. The topological polar surface area (TPSA) is 95.4 Å². The number of nitrogens with one attached hydrogen (secondary N) is 1. The van der Waals surface area contributed by atoms with Crippen LogP contribution in [0.4, 0.5) is 10.7 Å². The molecule has 0 saturated carbocycles. The van der Waals surface area contributed by atoms with Crippen LogP contribution >= 0.6 is 0 Å². The molecule has 2 rings (SSSR count). The highest BCUT2D eigenvalue weighted by Gasteiger charge is 2.34. The van der Waals surface area contributed by atoms with E-state index in [9.17, 15) is 9.59 Å². The Balaban J connectivity index is 2.03. The van der Waals surface area contributed by atoms with E-state index in [0.717, 1.165) is 0 Å². The van der Waals surface area contributed by atoms with Crippen molar-refractivity contribution in [3.05, 3.63) is 18.5 Å². The van der Waals surface area contributed by atoms with E-state index in [1.54, 1.807) is 6.07 Å². The lowest BCUT2D eigenvalue weighted by Crippen LogP contribution is -2.43. The Morgan fingerprint density at radius 2 is 2.12 bits per heavy atom. The molecule has 2 heterocycles. The Morgan fingerprint density at radius 3 is 2.76 bits per heavy atom. The molecular weight excluding hydrogens is 224 g/mol. The van der Waals surface area contributed by atoms with Gasteiger partial charge in [-0.25, -0.2) is 19.6 Å². The standard InChI is InChI=1S/C10H12N4O3/c15-8(16)7-3-1-6-14(7)10(17)13-9-11-4-2-5-12-9/h2,4-5,7H,1,3,6H2,(H,15,16)(H,11,12,13,17)/t7-/m1/s1. The summed E-state index contributed by atoms with van der Waals surface area (Å²) in [6, 6.07) is 0.408. The second-order valence-corrected chi connectivity index (χ2v) is 3.69. The van der Waals surface area contributed by atoms with Crippen LogP contribution in [0.5, 0.6) is 0 Å². The molecule has 7 nitrogen and oxygen atoms in total. The summed E-state index contributed by atoms with van der Waals surface area (Å²) < 4.78 is 0. The van der Waals surface area contributed by atoms with Crippen molar-refractivity contribution in [2.75, 3.05) is 11.9 Å². The number of carboxylic acids is 1. The number of likely N-dealkylation sites (tertiary alicyclic amines) is 1. The van der Waals surface area contributed by atoms with E-state index < -0.39 is 18.0 Å². The summed E-state index contributed by atoms with van der Waals surface area (Å²) in [6.45, 7) is 0.440. The number of carboxylic acid groups (broad SMARTS) is 1. The zero-order chi connectivity index (χ0) is 12.3. The zero-order valence-corrected chi connectivity index (χ0v) is 9.04. The molecular formula is C10H12N4O3. The maximum absolute atomic E-state index is 11.8. The number of rotatable bonds is 2. The molecule has 2 N–H and O–H groups in total. The number of carbonyl (C=O) groups is 2. The van der Waals surface area contributed by atoms with Crippen molar-refractivity contribution in [3.8, 4) is 0 Å². The number of aliphatic carboxylic acids is 1. The van der Waals surface area contributed by atoms with Gasteiger partial charge in [-0.2, -0.15) is 0 Å². The Morgan fingerprint density at radius 1 is 1.41 bits per heavy atom. The Labute approximate surface area is 97.5 Å². The largest absolute Gasteiger partial charge is 0.480 e. The molecule has 0 radical (unpaired) electrons. The number of anilines is 1. The molecule has 1 aromatic heterocycles. The molecule has 1 fully saturated rings. The third-order valence-corrected chi connectivity index (χ3v) is 2.58. The summed E-state index contributed by atoms with van der Waals surface area (Å²) in [7, 11) is 0. The lowest BCUT2D eigenvalue weighted by atomic mass is 10.2. The van der Waals surface area contributed by atoms with Crippen LogP contribution in [0, 0.1) is 0 Å². The highest BCUT2D eigenvalue weighted by atomic mass is 16.4. The van der Waals surface area contributed by atoms with Gasteiger partial charge in [0.05, 0.1) is 0 Å². The monoisotopic (exact) mass is 236 g/mol. The maximum atomic E-state index is 11.8. The van der Waals surface area contributed by atoms with Crippen molar-refractivity contribution in [2.45, 2.75) is 18.9 Å². The predicted octanol–water partition coefficient (Wildman–Crippen LogP) is 0.557. The lowest BCUT2D eigenvalue weighted by molar-refractivity contribution is -0.141. The molecule has 0 bridgehead atoms. The zero-order valence-electron chi connectivity index (χ0n) is 9.04. The fourth-order valence-corrected chi connectivity index (χ4v) is 1.80. The molecule has 1 aliphatic rings. The van der Waals surface area contributed by atoms with Crippen LogP contribution in [0.15, 0.2) is 18.5 Å². The van der Waals surface area contributed by atoms with Crippen LogP contribution in [-0.2, 0) is 4.79 Å². The first-order chi connectivity index (χ1) is 8.18. The van der Waals surface area contributed by atoms with Gasteiger partial charge in [-0.05, 0) is 18.9 Å². The van der Waals surface area contributed by atoms with Crippen LogP contribution in [0.2, 0.25) is 0 Å². The minimum Gasteiger partial charge on any atom is -0.480 e. The van der Waals surface area contributed by atoms with Gasteiger partial charge in [-0.15, -0.1) is 0 Å². The summed E-state index contributed by atoms with van der Waals surface area (Å²) in [6.07, 6.45) is 4.18. The Kier molecular flexibility index (Phi) is 3.17. The number of aromatic nitrogens is 2. The average Bonchev–Trinajstić information content (AvgIpc) is 2.79. The Bertz CT molecular complexity index is 423. The summed E-state index contributed by atoms with van der Waals surface area (Å²) in [5.74, 6) is -0.805. The molecule has 0 spiro atoms. The fraction of sp³-hybridized carbons (Fsp3) is 0.400. The molecule has 0 aromatic carbocycles. The minimum absolute atomic E-state index is 0.175. The molecule has 2 amide bonds. The first-order valence-electron chi connectivity index (χ1n) is 5.26. The SMILES string of the molecule is O=C(O)[C@H]1CCCN1C(=O)Nc1ncccn1. The second-order valence-electron chi connectivity index (χ2n) is 3.69. The summed E-state index contributed by atoms with van der Waals surface area (Å²) in [5, 5.41) is 11.4. The van der Waals surface area contributed by atoms with Crippen molar-refractivity contribution >= 4 is 17.9 Å². The highest BCUT2D eigenvalue weighted by Crippen LogP contribution is 2.18. The Hall–Kier alpha value is -2.18. The summed E-state index contributed by atoms with van der Waals surface area (Å²) >= 11 is 0. The van der Waals surface area contributed by atoms with Crippen LogP contribution in [0.1, 0.15) is 12.8 Å². The molecule has 90 valence electrons. The number of hydrogen-bond acceptors (Lipinski definition) is 4. The third kappa shape index (κ3) is 2.49. The van der Waals surface area contributed by atoms with E-state index in [-0.39, 0.29) is 5.95 Å². The normalized spacial score (nSPS) is 19.1. The number of hydrogen-bond donors (Lipinski definition) is 2. The lowest BCUT2D eigenvalue weighted by Gasteiger charge is -2.20. The van der Waals surface area contributed by atoms with Crippen molar-refractivity contribution in [1.82, 2.24) is 14.9 Å². The third-order valence-electron chi connectivity index (χ3n) is 2.58. The van der Waals surface area contributed by atoms with Crippen molar-refractivity contribution in [1.29, 1.82) is 0 Å². The molecule has 17 heavy (non-hydrogen) atoms. The molecule has 1 atom stereocenters. The smallest absolute Gasteiger partial charge is 0.326 e. The molecule has 7 heteroatoms. The van der Waals surface area contributed by atoms with Gasteiger partial charge in [0, 0.05) is 18.9 Å². The van der Waals surface area contributed by atoms with Gasteiger partial charge < -0.3 is 10.0 Å². The summed E-state index contributed by atoms with van der Waals surface area (Å²) in [5.41, 5.74) is 0. The molecule has 1 aromatic rings. The minimum atomic E-state index is -0.980. The molecule has 1 aliphatic heterocycles. The highest BCUT2D eigenvalue weighted by molar-refractivity contribution is 5.91. The van der Waals surface area contributed by atoms with Gasteiger partial charge in [0.1, 0.15) is 6.04 Å². The van der Waals surface area contributed by atoms with Gasteiger partial charge in [0.2, 0.25) is 5.95 Å². The number of urea groups is 1. The van der Waals surface area contributed by atoms with Gasteiger partial charge in [-0.3, -0.25) is 5.32 Å². The van der Waals surface area contributed by atoms with E-state index in [2.05, 4.69) is 15.3 Å². The van der Waals surface area contributed by atoms with Crippen molar-refractivity contribution < 1.29 is 14.7 Å². The molecule has 0 unspecified atom stereocenters. The van der Waals surface area contributed by atoms with Crippen LogP contribution in [0.3, 0.4) is 0 Å². The van der Waals surface area contributed by atoms with Crippen molar-refractivity contribution in [2.24, 2.45) is 0 Å². The van der Waals surface area contributed by atoms with Gasteiger partial charge >= 0.3 is 12.0 Å². The number of nitrogens with zero attached hydrogens (tertiary/aromatic N) is 3. The van der Waals surface area contributed by atoms with Gasteiger partial charge in [-0.1, -0.05) is 0 Å². The first kappa shape index (κ1) is 11.3. The van der Waals surface area contributed by atoms with E-state index in [4.69, 9.17) is 5.11 Å². The van der Waals surface area contributed by atoms with Crippen molar-refractivity contribution in [3.63, 3.8) is 0 Å². The van der Waals surface area contributed by atoms with E-state index >= 15 is 0 Å². The molecule has 0 aliphatic carbocycles. The fourth-order valence-electron chi connectivity index (χ4n) is 1.80. The van der Waals surface area contributed by atoms with Gasteiger partial charge in [0.25, 0.3) is 0 Å². The van der Waals surface area contributed by atoms with E-state index in [0.29, 0.717) is 19.4 Å². The molecule has 1 saturated heterocycles. The van der Waals surface area contributed by atoms with E-state index in [1.807, 2.05) is 0 Å². The summed E-state index contributed by atoms with van der Waals surface area (Å²) in [4.78, 5) is 31.7. The maximum Gasteiger partial charge on any atom is 0.326 e. The van der Waals surface area contributed by atoms with Gasteiger partial charge in [0.15, 0.2) is 0 Å².